The fourth-order valence-corrected chi connectivity index (χ4v) is 5.12. The maximum atomic E-state index is 13.3. The highest BCUT2D eigenvalue weighted by molar-refractivity contribution is 7.90. The van der Waals surface area contributed by atoms with E-state index in [1.54, 1.807) is 0 Å². The van der Waals surface area contributed by atoms with Crippen LogP contribution in [-0.4, -0.2) is 31.2 Å². The Morgan fingerprint density at radius 1 is 1.18 bits per heavy atom. The molecule has 1 saturated carbocycles. The molecule has 28 heavy (non-hydrogen) atoms. The van der Waals surface area contributed by atoms with E-state index >= 15 is 0 Å². The molecule has 1 aliphatic rings. The molecular formula is C20H16ClNO4S2. The number of para-hydroxylation sites is 1. The standard InChI is InChI=1S/C20H16ClNO4S2/c1-28(25,26)12-8-9-13(14(21)10-12)19(24)17(18(23)11-6-7-11)20-22-15-4-2-3-5-16(15)27-20/h2-5,8-11,17H,6-7H2,1H3. The summed E-state index contributed by atoms with van der Waals surface area (Å²) < 4.78 is 24.3. The lowest BCUT2D eigenvalue weighted by Gasteiger charge is -2.13. The zero-order valence-electron chi connectivity index (χ0n) is 14.9. The van der Waals surface area contributed by atoms with E-state index in [9.17, 15) is 18.0 Å². The van der Waals surface area contributed by atoms with Gasteiger partial charge in [-0.3, -0.25) is 9.59 Å². The van der Waals surface area contributed by atoms with Crippen LogP contribution in [-0.2, 0) is 14.6 Å². The number of hydrogen-bond donors (Lipinski definition) is 0. The third kappa shape index (κ3) is 3.62. The van der Waals surface area contributed by atoms with E-state index < -0.39 is 21.5 Å². The molecule has 0 radical (unpaired) electrons. The van der Waals surface area contributed by atoms with Gasteiger partial charge < -0.3 is 0 Å². The zero-order valence-corrected chi connectivity index (χ0v) is 17.3. The largest absolute Gasteiger partial charge is 0.298 e. The fraction of sp³-hybridized carbons (Fsp3) is 0.250. The fourth-order valence-electron chi connectivity index (χ4n) is 3.06. The summed E-state index contributed by atoms with van der Waals surface area (Å²) in [5, 5.41) is 0.467. The molecule has 1 fully saturated rings. The number of nitrogens with zero attached hydrogens (tertiary/aromatic N) is 1. The van der Waals surface area contributed by atoms with Crippen LogP contribution in [0.5, 0.6) is 0 Å². The average molecular weight is 434 g/mol. The Kier molecular flexibility index (Phi) is 4.85. The van der Waals surface area contributed by atoms with E-state index in [2.05, 4.69) is 4.98 Å². The van der Waals surface area contributed by atoms with Gasteiger partial charge in [0, 0.05) is 17.7 Å². The van der Waals surface area contributed by atoms with Gasteiger partial charge >= 0.3 is 0 Å². The first-order chi connectivity index (χ1) is 13.3. The first-order valence-corrected chi connectivity index (χ1v) is 11.8. The second-order valence-electron chi connectivity index (χ2n) is 6.91. The van der Waals surface area contributed by atoms with Crippen LogP contribution in [0.1, 0.15) is 34.1 Å². The van der Waals surface area contributed by atoms with Crippen molar-refractivity contribution in [3.05, 3.63) is 58.1 Å². The lowest BCUT2D eigenvalue weighted by Crippen LogP contribution is -2.24. The van der Waals surface area contributed by atoms with Crippen LogP contribution >= 0.6 is 22.9 Å². The smallest absolute Gasteiger partial charge is 0.181 e. The van der Waals surface area contributed by atoms with Gasteiger partial charge in [-0.2, -0.15) is 0 Å². The Balaban J connectivity index is 1.78. The van der Waals surface area contributed by atoms with Crippen molar-refractivity contribution in [2.75, 3.05) is 6.26 Å². The third-order valence-electron chi connectivity index (χ3n) is 4.72. The number of carbonyl (C=O) groups excluding carboxylic acids is 2. The molecule has 1 heterocycles. The number of benzene rings is 2. The monoisotopic (exact) mass is 433 g/mol. The van der Waals surface area contributed by atoms with Crippen LogP contribution < -0.4 is 0 Å². The van der Waals surface area contributed by atoms with E-state index in [4.69, 9.17) is 11.6 Å². The highest BCUT2D eigenvalue weighted by Gasteiger charge is 2.41. The molecule has 1 unspecified atom stereocenters. The predicted octanol–water partition coefficient (Wildman–Crippen LogP) is 4.30. The van der Waals surface area contributed by atoms with E-state index in [0.717, 1.165) is 29.3 Å². The van der Waals surface area contributed by atoms with Gasteiger partial charge in [-0.15, -0.1) is 11.3 Å². The van der Waals surface area contributed by atoms with Gasteiger partial charge in [-0.25, -0.2) is 13.4 Å². The van der Waals surface area contributed by atoms with Gasteiger partial charge in [-0.05, 0) is 43.2 Å². The molecule has 0 amide bonds. The van der Waals surface area contributed by atoms with Crippen molar-refractivity contribution < 1.29 is 18.0 Å². The molecule has 2 aromatic carbocycles. The summed E-state index contributed by atoms with van der Waals surface area (Å²) in [4.78, 5) is 30.8. The molecule has 0 spiro atoms. The first-order valence-electron chi connectivity index (χ1n) is 8.68. The van der Waals surface area contributed by atoms with Crippen molar-refractivity contribution >= 4 is 54.6 Å². The summed E-state index contributed by atoms with van der Waals surface area (Å²) >= 11 is 7.55. The number of ketones is 2. The molecule has 3 aromatic rings. The first kappa shape index (κ1) is 19.2. The number of carbonyl (C=O) groups is 2. The number of rotatable bonds is 6. The van der Waals surface area contributed by atoms with Crippen LogP contribution in [0.4, 0.5) is 0 Å². The summed E-state index contributed by atoms with van der Waals surface area (Å²) in [5.74, 6) is -1.74. The number of Topliss-reactive ketones (excluding diaryl/α,β-unsaturated/α-hetero) is 2. The Bertz CT molecular complexity index is 1180. The number of halogens is 1. The minimum absolute atomic E-state index is 0.0163. The van der Waals surface area contributed by atoms with Crippen molar-refractivity contribution in [2.24, 2.45) is 5.92 Å². The predicted molar refractivity (Wildman–Crippen MR) is 109 cm³/mol. The van der Waals surface area contributed by atoms with Gasteiger partial charge in [0.1, 0.15) is 10.9 Å². The van der Waals surface area contributed by atoms with Gasteiger partial charge in [0.05, 0.1) is 20.1 Å². The minimum Gasteiger partial charge on any atom is -0.298 e. The van der Waals surface area contributed by atoms with Crippen LogP contribution in [0.15, 0.2) is 47.4 Å². The Morgan fingerprint density at radius 3 is 2.50 bits per heavy atom. The summed E-state index contributed by atoms with van der Waals surface area (Å²) in [6.45, 7) is 0. The quantitative estimate of drug-likeness (QED) is 0.427. The molecule has 0 bridgehead atoms. The van der Waals surface area contributed by atoms with Gasteiger partial charge in [0.2, 0.25) is 0 Å². The SMILES string of the molecule is CS(=O)(=O)c1ccc(C(=O)C(C(=O)C2CC2)c2nc3ccccc3s2)c(Cl)c1. The Labute approximate surface area is 171 Å². The molecular weight excluding hydrogens is 418 g/mol. The number of aromatic nitrogens is 1. The normalized spacial score (nSPS) is 15.5. The van der Waals surface area contributed by atoms with Gasteiger partial charge in [0.15, 0.2) is 21.4 Å². The molecule has 0 N–H and O–H groups in total. The molecule has 0 aliphatic heterocycles. The Hall–Kier alpha value is -2.09. The Morgan fingerprint density at radius 2 is 1.89 bits per heavy atom. The van der Waals surface area contributed by atoms with Crippen molar-refractivity contribution in [3.8, 4) is 0 Å². The van der Waals surface area contributed by atoms with Crippen LogP contribution in [0.25, 0.3) is 10.2 Å². The van der Waals surface area contributed by atoms with Gasteiger partial charge in [-0.1, -0.05) is 23.7 Å². The second kappa shape index (κ2) is 7.06. The summed E-state index contributed by atoms with van der Waals surface area (Å²) in [6, 6.07) is 11.4. The van der Waals surface area contributed by atoms with E-state index in [1.807, 2.05) is 24.3 Å². The second-order valence-corrected chi connectivity index (χ2v) is 10.4. The maximum Gasteiger partial charge on any atom is 0.181 e. The zero-order chi connectivity index (χ0) is 20.1. The molecule has 1 aliphatic carbocycles. The maximum absolute atomic E-state index is 13.3. The summed E-state index contributed by atoms with van der Waals surface area (Å²) in [7, 11) is -3.45. The topological polar surface area (TPSA) is 81.2 Å². The minimum atomic E-state index is -3.45. The average Bonchev–Trinajstić information content (AvgIpc) is 3.40. The molecule has 0 saturated heterocycles. The van der Waals surface area contributed by atoms with E-state index in [-0.39, 0.29) is 27.2 Å². The van der Waals surface area contributed by atoms with Crippen molar-refractivity contribution in [1.29, 1.82) is 0 Å². The molecule has 8 heteroatoms. The van der Waals surface area contributed by atoms with Crippen molar-refractivity contribution in [2.45, 2.75) is 23.7 Å². The number of hydrogen-bond acceptors (Lipinski definition) is 6. The highest BCUT2D eigenvalue weighted by atomic mass is 35.5. The molecule has 1 aromatic heterocycles. The number of sulfone groups is 1. The number of fused-ring (bicyclic) bond motifs is 1. The number of thiazole rings is 1. The molecule has 4 rings (SSSR count). The molecule has 1 atom stereocenters. The van der Waals surface area contributed by atoms with Gasteiger partial charge in [0.25, 0.3) is 0 Å². The van der Waals surface area contributed by atoms with Crippen molar-refractivity contribution in [1.82, 2.24) is 4.98 Å². The van der Waals surface area contributed by atoms with Crippen LogP contribution in [0, 0.1) is 5.92 Å². The van der Waals surface area contributed by atoms with E-state index in [0.29, 0.717) is 5.01 Å². The lowest BCUT2D eigenvalue weighted by molar-refractivity contribution is -0.120. The van der Waals surface area contributed by atoms with Crippen molar-refractivity contribution in [3.63, 3.8) is 0 Å². The van der Waals surface area contributed by atoms with Crippen LogP contribution in [0.3, 0.4) is 0 Å². The van der Waals surface area contributed by atoms with E-state index in [1.165, 1.54) is 29.5 Å². The molecule has 144 valence electrons. The molecule has 5 nitrogen and oxygen atoms in total. The summed E-state index contributed by atoms with van der Waals surface area (Å²) in [6.07, 6.45) is 2.61. The lowest BCUT2D eigenvalue weighted by atomic mass is 9.91. The highest BCUT2D eigenvalue weighted by Crippen LogP contribution is 2.40. The van der Waals surface area contributed by atoms with Crippen LogP contribution in [0.2, 0.25) is 5.02 Å². The summed E-state index contributed by atoms with van der Waals surface area (Å²) in [5.41, 5.74) is 0.870. The third-order valence-corrected chi connectivity index (χ3v) is 7.24.